The SMILES string of the molecule is CC(=O)c1cc(-c2ccc(OC(F)(F)F)cc2)cc2c1oc(=O)n2CC(=O)N(C)c1cccnc1. The zero-order valence-electron chi connectivity index (χ0n) is 18.5. The Balaban J connectivity index is 1.75. The Hall–Kier alpha value is -4.41. The standard InChI is InChI=1S/C24H18F3N3O5/c1-14(31)19-10-16(15-5-7-18(8-6-15)35-24(25,26)27)11-20-22(19)34-23(33)30(20)13-21(32)29(2)17-4-3-9-28-12-17/h3-12H,13H2,1-2H3. The van der Waals surface area contributed by atoms with E-state index in [0.29, 0.717) is 16.8 Å². The Morgan fingerprint density at radius 1 is 1.11 bits per heavy atom. The van der Waals surface area contributed by atoms with E-state index in [1.807, 2.05) is 0 Å². The number of anilines is 1. The lowest BCUT2D eigenvalue weighted by atomic mass is 10.00. The van der Waals surface area contributed by atoms with Gasteiger partial charge in [0.05, 0.1) is 23.0 Å². The minimum Gasteiger partial charge on any atom is -0.407 e. The molecule has 4 rings (SSSR count). The van der Waals surface area contributed by atoms with Crippen LogP contribution in [0.2, 0.25) is 0 Å². The molecule has 4 aromatic rings. The Bertz CT molecular complexity index is 1460. The zero-order chi connectivity index (χ0) is 25.3. The normalized spacial score (nSPS) is 11.5. The summed E-state index contributed by atoms with van der Waals surface area (Å²) in [5, 5.41) is 0. The molecule has 0 saturated heterocycles. The molecule has 180 valence electrons. The van der Waals surface area contributed by atoms with E-state index in [-0.39, 0.29) is 23.2 Å². The summed E-state index contributed by atoms with van der Waals surface area (Å²) in [5.74, 6) is -2.07. The van der Waals surface area contributed by atoms with E-state index in [2.05, 4.69) is 9.72 Å². The first kappa shape index (κ1) is 23.7. The van der Waals surface area contributed by atoms with Gasteiger partial charge in [0, 0.05) is 13.2 Å². The maximum Gasteiger partial charge on any atom is 0.573 e. The number of aromatic nitrogens is 2. The number of ether oxygens (including phenoxy) is 1. The summed E-state index contributed by atoms with van der Waals surface area (Å²) in [6, 6.07) is 11.4. The molecule has 0 aliphatic carbocycles. The lowest BCUT2D eigenvalue weighted by Gasteiger charge is -2.17. The van der Waals surface area contributed by atoms with Crippen molar-refractivity contribution < 1.29 is 31.9 Å². The van der Waals surface area contributed by atoms with Crippen LogP contribution in [0, 0.1) is 0 Å². The molecule has 0 saturated carbocycles. The third-order valence-electron chi connectivity index (χ3n) is 5.27. The van der Waals surface area contributed by atoms with E-state index < -0.39 is 29.6 Å². The van der Waals surface area contributed by atoms with Crippen molar-refractivity contribution in [3.8, 4) is 16.9 Å². The van der Waals surface area contributed by atoms with Crippen molar-refractivity contribution in [2.24, 2.45) is 0 Å². The van der Waals surface area contributed by atoms with Crippen LogP contribution < -0.4 is 15.4 Å². The summed E-state index contributed by atoms with van der Waals surface area (Å²) >= 11 is 0. The average Bonchev–Trinajstić information content (AvgIpc) is 3.12. The van der Waals surface area contributed by atoms with E-state index in [1.165, 1.54) is 49.3 Å². The fourth-order valence-electron chi connectivity index (χ4n) is 3.53. The lowest BCUT2D eigenvalue weighted by molar-refractivity contribution is -0.274. The molecule has 0 N–H and O–H groups in total. The second-order valence-corrected chi connectivity index (χ2v) is 7.62. The Morgan fingerprint density at radius 2 is 1.83 bits per heavy atom. The van der Waals surface area contributed by atoms with Gasteiger partial charge in [-0.05, 0) is 54.4 Å². The Morgan fingerprint density at radius 3 is 2.43 bits per heavy atom. The smallest absolute Gasteiger partial charge is 0.407 e. The number of nitrogens with zero attached hydrogens (tertiary/aromatic N) is 3. The van der Waals surface area contributed by atoms with Gasteiger partial charge >= 0.3 is 12.1 Å². The van der Waals surface area contributed by atoms with Gasteiger partial charge in [-0.3, -0.25) is 19.1 Å². The number of benzene rings is 2. The fraction of sp³-hybridized carbons (Fsp3) is 0.167. The molecule has 2 aromatic carbocycles. The molecule has 0 bridgehead atoms. The number of carbonyl (C=O) groups is 2. The third kappa shape index (κ3) is 5.08. The quantitative estimate of drug-likeness (QED) is 0.375. The first-order chi connectivity index (χ1) is 16.5. The number of alkyl halides is 3. The number of halogens is 3. The number of pyridine rings is 1. The number of rotatable bonds is 6. The number of ketones is 1. The predicted molar refractivity (Wildman–Crippen MR) is 120 cm³/mol. The van der Waals surface area contributed by atoms with Gasteiger partial charge in [0.2, 0.25) is 5.91 Å². The van der Waals surface area contributed by atoms with Crippen molar-refractivity contribution in [3.05, 3.63) is 77.0 Å². The van der Waals surface area contributed by atoms with Gasteiger partial charge in [-0.25, -0.2) is 4.79 Å². The van der Waals surface area contributed by atoms with Crippen LogP contribution in [0.3, 0.4) is 0 Å². The number of likely N-dealkylation sites (N-methyl/N-ethyl adjacent to an activating group) is 1. The molecule has 11 heteroatoms. The van der Waals surface area contributed by atoms with Crippen LogP contribution in [-0.4, -0.2) is 34.7 Å². The van der Waals surface area contributed by atoms with Gasteiger partial charge < -0.3 is 14.1 Å². The second-order valence-electron chi connectivity index (χ2n) is 7.62. The van der Waals surface area contributed by atoms with Crippen molar-refractivity contribution in [1.82, 2.24) is 9.55 Å². The maximum absolute atomic E-state index is 12.9. The highest BCUT2D eigenvalue weighted by Crippen LogP contribution is 2.30. The lowest BCUT2D eigenvalue weighted by Crippen LogP contribution is -2.32. The van der Waals surface area contributed by atoms with Gasteiger partial charge in [-0.1, -0.05) is 12.1 Å². The van der Waals surface area contributed by atoms with Gasteiger partial charge in [-0.2, -0.15) is 0 Å². The fourth-order valence-corrected chi connectivity index (χ4v) is 3.53. The first-order valence-corrected chi connectivity index (χ1v) is 10.2. The molecular weight excluding hydrogens is 467 g/mol. The topological polar surface area (TPSA) is 94.6 Å². The molecule has 0 unspecified atom stereocenters. The van der Waals surface area contributed by atoms with Crippen LogP contribution >= 0.6 is 0 Å². The van der Waals surface area contributed by atoms with Gasteiger partial charge in [0.1, 0.15) is 12.3 Å². The van der Waals surface area contributed by atoms with Crippen LogP contribution in [0.25, 0.3) is 22.2 Å². The predicted octanol–water partition coefficient (Wildman–Crippen LogP) is 4.42. The second kappa shape index (κ2) is 9.09. The van der Waals surface area contributed by atoms with Crippen LogP contribution in [-0.2, 0) is 11.3 Å². The van der Waals surface area contributed by atoms with Crippen molar-refractivity contribution >= 4 is 28.5 Å². The highest BCUT2D eigenvalue weighted by atomic mass is 19.4. The minimum atomic E-state index is -4.83. The molecule has 0 atom stereocenters. The van der Waals surface area contributed by atoms with Crippen molar-refractivity contribution in [2.75, 3.05) is 11.9 Å². The van der Waals surface area contributed by atoms with Crippen molar-refractivity contribution in [1.29, 1.82) is 0 Å². The van der Waals surface area contributed by atoms with Crippen LogP contribution in [0.1, 0.15) is 17.3 Å². The van der Waals surface area contributed by atoms with E-state index in [0.717, 1.165) is 16.7 Å². The zero-order valence-corrected chi connectivity index (χ0v) is 18.5. The number of hydrogen-bond acceptors (Lipinski definition) is 6. The summed E-state index contributed by atoms with van der Waals surface area (Å²) in [5.41, 5.74) is 1.72. The average molecular weight is 485 g/mol. The molecular formula is C24H18F3N3O5. The minimum absolute atomic E-state index is 0.0140. The summed E-state index contributed by atoms with van der Waals surface area (Å²) in [4.78, 5) is 43.1. The van der Waals surface area contributed by atoms with Gasteiger partial charge in [0.15, 0.2) is 11.4 Å². The molecule has 0 spiro atoms. The van der Waals surface area contributed by atoms with Crippen LogP contribution in [0.5, 0.6) is 5.75 Å². The number of carbonyl (C=O) groups excluding carboxylic acids is 2. The van der Waals surface area contributed by atoms with Crippen molar-refractivity contribution in [2.45, 2.75) is 19.8 Å². The summed E-state index contributed by atoms with van der Waals surface area (Å²) in [7, 11) is 1.53. The molecule has 8 nitrogen and oxygen atoms in total. The van der Waals surface area contributed by atoms with E-state index in [9.17, 15) is 27.6 Å². The number of oxazole rings is 1. The molecule has 0 radical (unpaired) electrons. The molecule has 0 aliphatic rings. The molecule has 0 fully saturated rings. The van der Waals surface area contributed by atoms with E-state index in [4.69, 9.17) is 4.42 Å². The number of amides is 1. The molecule has 1 amide bonds. The number of fused-ring (bicyclic) bond motifs is 1. The molecule has 35 heavy (non-hydrogen) atoms. The largest absolute Gasteiger partial charge is 0.573 e. The van der Waals surface area contributed by atoms with E-state index in [1.54, 1.807) is 18.3 Å². The summed E-state index contributed by atoms with van der Waals surface area (Å²) in [6.45, 7) is 0.911. The monoisotopic (exact) mass is 485 g/mol. The Labute approximate surface area is 196 Å². The van der Waals surface area contributed by atoms with Crippen LogP contribution in [0.4, 0.5) is 18.9 Å². The summed E-state index contributed by atoms with van der Waals surface area (Å²) < 4.78 is 47.7. The molecule has 0 aliphatic heterocycles. The van der Waals surface area contributed by atoms with Crippen LogP contribution in [0.15, 0.2) is 70.1 Å². The number of hydrogen-bond donors (Lipinski definition) is 0. The highest BCUT2D eigenvalue weighted by Gasteiger charge is 2.31. The molecule has 2 aromatic heterocycles. The summed E-state index contributed by atoms with van der Waals surface area (Å²) in [6.07, 6.45) is -1.78. The molecule has 2 heterocycles. The highest BCUT2D eigenvalue weighted by molar-refractivity contribution is 6.06. The van der Waals surface area contributed by atoms with Gasteiger partial charge in [0.25, 0.3) is 0 Å². The first-order valence-electron chi connectivity index (χ1n) is 10.2. The maximum atomic E-state index is 12.9. The van der Waals surface area contributed by atoms with E-state index >= 15 is 0 Å². The van der Waals surface area contributed by atoms with Crippen molar-refractivity contribution in [3.63, 3.8) is 0 Å². The third-order valence-corrected chi connectivity index (χ3v) is 5.27. The number of Topliss-reactive ketones (excluding diaryl/α,β-unsaturated/α-hetero) is 1. The van der Waals surface area contributed by atoms with Gasteiger partial charge in [-0.15, -0.1) is 13.2 Å². The Kier molecular flexibility index (Phi) is 6.16.